The van der Waals surface area contributed by atoms with Gasteiger partial charge in [-0.15, -0.1) is 0 Å². The number of hydrogen-bond acceptors (Lipinski definition) is 2. The van der Waals surface area contributed by atoms with Gasteiger partial charge in [0.05, 0.1) is 12.2 Å². The highest BCUT2D eigenvalue weighted by Gasteiger charge is 2.11. The molecule has 0 fully saturated rings. The molecule has 0 aliphatic carbocycles. The first-order chi connectivity index (χ1) is 10.2. The molecule has 0 aliphatic rings. The summed E-state index contributed by atoms with van der Waals surface area (Å²) in [6.07, 6.45) is 2.22. The van der Waals surface area contributed by atoms with E-state index in [4.69, 9.17) is 5.10 Å². The molecule has 0 atom stereocenters. The van der Waals surface area contributed by atoms with Crippen LogP contribution in [0.5, 0.6) is 0 Å². The summed E-state index contributed by atoms with van der Waals surface area (Å²) < 4.78 is 2.15. The van der Waals surface area contributed by atoms with E-state index in [9.17, 15) is 0 Å². The highest BCUT2D eigenvalue weighted by atomic mass is 15.3. The molecule has 21 heavy (non-hydrogen) atoms. The quantitative estimate of drug-likeness (QED) is 0.788. The van der Waals surface area contributed by atoms with Gasteiger partial charge in [0.2, 0.25) is 0 Å². The molecule has 1 aromatic heterocycles. The molecular formula is C18H27N3. The van der Waals surface area contributed by atoms with Gasteiger partial charge in [0, 0.05) is 12.2 Å². The fourth-order valence-corrected chi connectivity index (χ4v) is 2.85. The van der Waals surface area contributed by atoms with Crippen molar-refractivity contribution in [3.63, 3.8) is 0 Å². The van der Waals surface area contributed by atoms with Crippen molar-refractivity contribution in [3.8, 4) is 0 Å². The third-order valence-electron chi connectivity index (χ3n) is 4.07. The molecule has 3 nitrogen and oxygen atoms in total. The summed E-state index contributed by atoms with van der Waals surface area (Å²) >= 11 is 0. The number of benzene rings is 1. The van der Waals surface area contributed by atoms with E-state index in [1.54, 1.807) is 0 Å². The van der Waals surface area contributed by atoms with Gasteiger partial charge in [-0.2, -0.15) is 5.10 Å². The maximum absolute atomic E-state index is 4.71. The Kier molecular flexibility index (Phi) is 5.57. The largest absolute Gasteiger partial charge is 0.313 e. The highest BCUT2D eigenvalue weighted by Crippen LogP contribution is 2.17. The van der Waals surface area contributed by atoms with Crippen LogP contribution < -0.4 is 5.32 Å². The Morgan fingerprint density at radius 1 is 1.10 bits per heavy atom. The van der Waals surface area contributed by atoms with Gasteiger partial charge in [-0.25, -0.2) is 0 Å². The van der Waals surface area contributed by atoms with Crippen molar-refractivity contribution in [3.05, 3.63) is 52.3 Å². The number of nitrogens with zero attached hydrogens (tertiary/aromatic N) is 2. The lowest BCUT2D eigenvalue weighted by atomic mass is 10.1. The van der Waals surface area contributed by atoms with Crippen molar-refractivity contribution >= 4 is 0 Å². The van der Waals surface area contributed by atoms with Gasteiger partial charge >= 0.3 is 0 Å². The predicted octanol–water partition coefficient (Wildman–Crippen LogP) is 3.61. The molecule has 0 saturated carbocycles. The number of nitrogens with one attached hydrogen (secondary N) is 1. The van der Waals surface area contributed by atoms with Crippen molar-refractivity contribution in [1.29, 1.82) is 0 Å². The molecule has 0 saturated heterocycles. The minimum Gasteiger partial charge on any atom is -0.313 e. The van der Waals surface area contributed by atoms with Crippen LogP contribution in [0.4, 0.5) is 0 Å². The summed E-state index contributed by atoms with van der Waals surface area (Å²) in [6.45, 7) is 11.5. The Morgan fingerprint density at radius 2 is 1.81 bits per heavy atom. The molecular weight excluding hydrogens is 258 g/mol. The van der Waals surface area contributed by atoms with E-state index < -0.39 is 0 Å². The van der Waals surface area contributed by atoms with Gasteiger partial charge in [0.15, 0.2) is 0 Å². The molecule has 0 unspecified atom stereocenters. The van der Waals surface area contributed by atoms with Crippen LogP contribution in [0.1, 0.15) is 48.3 Å². The fraction of sp³-hybridized carbons (Fsp3) is 0.500. The van der Waals surface area contributed by atoms with E-state index in [1.165, 1.54) is 28.8 Å². The second-order valence-electron chi connectivity index (χ2n) is 5.61. The zero-order chi connectivity index (χ0) is 15.2. The van der Waals surface area contributed by atoms with Crippen molar-refractivity contribution < 1.29 is 0 Å². The Labute approximate surface area is 128 Å². The summed E-state index contributed by atoms with van der Waals surface area (Å²) in [4.78, 5) is 0. The molecule has 2 aromatic rings. The van der Waals surface area contributed by atoms with Crippen LogP contribution in [0, 0.1) is 13.8 Å². The van der Waals surface area contributed by atoms with E-state index in [2.05, 4.69) is 62.0 Å². The normalized spacial score (nSPS) is 11.0. The summed E-state index contributed by atoms with van der Waals surface area (Å²) in [7, 11) is 0. The van der Waals surface area contributed by atoms with Crippen LogP contribution in [-0.2, 0) is 19.5 Å². The van der Waals surface area contributed by atoms with Gasteiger partial charge < -0.3 is 5.32 Å². The first-order valence-electron chi connectivity index (χ1n) is 7.97. The van der Waals surface area contributed by atoms with Crippen LogP contribution in [0.15, 0.2) is 24.3 Å². The first kappa shape index (κ1) is 15.8. The summed E-state index contributed by atoms with van der Waals surface area (Å²) in [6, 6.07) is 8.66. The molecule has 2 rings (SSSR count). The van der Waals surface area contributed by atoms with E-state index >= 15 is 0 Å². The molecule has 3 heteroatoms. The average molecular weight is 285 g/mol. The van der Waals surface area contributed by atoms with Crippen molar-refractivity contribution in [2.75, 3.05) is 6.54 Å². The van der Waals surface area contributed by atoms with Crippen molar-refractivity contribution in [1.82, 2.24) is 15.1 Å². The molecule has 0 aliphatic heterocycles. The van der Waals surface area contributed by atoms with Crippen LogP contribution in [0.2, 0.25) is 0 Å². The van der Waals surface area contributed by atoms with Gasteiger partial charge in [0.1, 0.15) is 0 Å². The van der Waals surface area contributed by atoms with Gasteiger partial charge in [0.25, 0.3) is 0 Å². The van der Waals surface area contributed by atoms with E-state index in [0.29, 0.717) is 0 Å². The van der Waals surface area contributed by atoms with E-state index in [-0.39, 0.29) is 0 Å². The molecule has 0 bridgehead atoms. The average Bonchev–Trinajstić information content (AvgIpc) is 2.75. The fourth-order valence-electron chi connectivity index (χ4n) is 2.85. The lowest BCUT2D eigenvalue weighted by Gasteiger charge is -2.12. The zero-order valence-corrected chi connectivity index (χ0v) is 13.7. The van der Waals surface area contributed by atoms with Crippen molar-refractivity contribution in [2.24, 2.45) is 0 Å². The Morgan fingerprint density at radius 3 is 2.43 bits per heavy atom. The third-order valence-corrected chi connectivity index (χ3v) is 4.07. The Balaban J connectivity index is 2.19. The Bertz CT molecular complexity index is 584. The van der Waals surface area contributed by atoms with E-state index in [1.807, 2.05) is 0 Å². The monoisotopic (exact) mass is 285 g/mol. The van der Waals surface area contributed by atoms with Crippen LogP contribution in [-0.4, -0.2) is 16.3 Å². The molecule has 0 amide bonds. The maximum Gasteiger partial charge on any atom is 0.0665 e. The number of hydrogen-bond donors (Lipinski definition) is 1. The number of aromatic nitrogens is 2. The standard InChI is InChI=1S/C18H27N3/c1-5-11-19-12-16-9-7-8-10-17(16)13-21-15(4)18(6-2)14(3)20-21/h7-10,19H,5-6,11-13H2,1-4H3. The third kappa shape index (κ3) is 3.73. The summed E-state index contributed by atoms with van der Waals surface area (Å²) in [5, 5.41) is 8.20. The predicted molar refractivity (Wildman–Crippen MR) is 88.6 cm³/mol. The summed E-state index contributed by atoms with van der Waals surface area (Å²) in [5.41, 5.74) is 6.57. The lowest BCUT2D eigenvalue weighted by Crippen LogP contribution is -2.16. The minimum atomic E-state index is 0.858. The second kappa shape index (κ2) is 7.41. The number of aryl methyl sites for hydroxylation is 1. The van der Waals surface area contributed by atoms with Gasteiger partial charge in [-0.1, -0.05) is 38.1 Å². The molecule has 1 N–H and O–H groups in total. The second-order valence-corrected chi connectivity index (χ2v) is 5.61. The lowest BCUT2D eigenvalue weighted by molar-refractivity contribution is 0.636. The van der Waals surface area contributed by atoms with Gasteiger partial charge in [-0.3, -0.25) is 4.68 Å². The smallest absolute Gasteiger partial charge is 0.0665 e. The van der Waals surface area contributed by atoms with Crippen LogP contribution >= 0.6 is 0 Å². The van der Waals surface area contributed by atoms with Crippen LogP contribution in [0.25, 0.3) is 0 Å². The first-order valence-corrected chi connectivity index (χ1v) is 7.97. The van der Waals surface area contributed by atoms with Crippen LogP contribution in [0.3, 0.4) is 0 Å². The molecule has 0 radical (unpaired) electrons. The SMILES string of the molecule is CCCNCc1ccccc1Cn1nc(C)c(CC)c1C. The number of rotatable bonds is 7. The molecule has 1 heterocycles. The topological polar surface area (TPSA) is 29.9 Å². The highest BCUT2D eigenvalue weighted by molar-refractivity contribution is 5.29. The van der Waals surface area contributed by atoms with E-state index in [0.717, 1.165) is 31.7 Å². The summed E-state index contributed by atoms with van der Waals surface area (Å²) in [5.74, 6) is 0. The van der Waals surface area contributed by atoms with Gasteiger partial charge in [-0.05, 0) is 49.9 Å². The molecule has 0 spiro atoms. The zero-order valence-electron chi connectivity index (χ0n) is 13.7. The maximum atomic E-state index is 4.71. The molecule has 1 aromatic carbocycles. The minimum absolute atomic E-state index is 0.858. The molecule has 114 valence electrons. The van der Waals surface area contributed by atoms with Crippen molar-refractivity contribution in [2.45, 2.75) is 53.6 Å². The Hall–Kier alpha value is -1.61.